The monoisotopic (exact) mass is 884 g/mol. The van der Waals surface area contributed by atoms with Gasteiger partial charge in [0.1, 0.15) is 29.7 Å². The van der Waals surface area contributed by atoms with Crippen molar-refractivity contribution in [2.24, 2.45) is 0 Å². The smallest absolute Gasteiger partial charge is 0.416 e. The Morgan fingerprint density at radius 1 is 0.609 bits per heavy atom. The molecule has 4 aromatic rings. The first-order chi connectivity index (χ1) is 30.4. The quantitative estimate of drug-likeness (QED) is 0.0630. The van der Waals surface area contributed by atoms with E-state index in [1.165, 1.54) is 6.92 Å². The van der Waals surface area contributed by atoms with Crippen molar-refractivity contribution in [3.8, 4) is 0 Å². The third kappa shape index (κ3) is 14.5. The average Bonchev–Trinajstić information content (AvgIpc) is 4.06. The first-order valence-electron chi connectivity index (χ1n) is 20.8. The van der Waals surface area contributed by atoms with E-state index in [1.54, 1.807) is 54.6 Å². The molecule has 17 heteroatoms. The Balaban J connectivity index is 1.36. The summed E-state index contributed by atoms with van der Waals surface area (Å²) in [6, 6.07) is 23.3. The van der Waals surface area contributed by atoms with Gasteiger partial charge in [-0.05, 0) is 80.5 Å². The van der Waals surface area contributed by atoms with Crippen molar-refractivity contribution >= 4 is 47.1 Å². The molecule has 338 valence electrons. The molecular weight excluding hydrogens is 834 g/mol. The van der Waals surface area contributed by atoms with Crippen LogP contribution in [0.1, 0.15) is 66.8 Å². The van der Waals surface area contributed by atoms with Crippen molar-refractivity contribution in [3.63, 3.8) is 0 Å². The fourth-order valence-electron chi connectivity index (χ4n) is 6.70. The zero-order chi connectivity index (χ0) is 46.4. The van der Waals surface area contributed by atoms with E-state index in [9.17, 15) is 51.8 Å². The van der Waals surface area contributed by atoms with E-state index in [1.807, 2.05) is 37.3 Å². The molecule has 4 atom stereocenters. The molecule has 7 N–H and O–H groups in total. The van der Waals surface area contributed by atoms with E-state index in [2.05, 4.69) is 31.9 Å². The van der Waals surface area contributed by atoms with E-state index in [4.69, 9.17) is 0 Å². The van der Waals surface area contributed by atoms with E-state index in [-0.39, 0.29) is 50.5 Å². The van der Waals surface area contributed by atoms with E-state index in [0.29, 0.717) is 17.7 Å². The molecule has 1 aliphatic rings. The molecule has 4 aromatic carbocycles. The maximum absolute atomic E-state index is 14.3. The molecule has 0 heterocycles. The van der Waals surface area contributed by atoms with Gasteiger partial charge >= 0.3 is 12.1 Å². The van der Waals surface area contributed by atoms with Crippen molar-refractivity contribution in [1.82, 2.24) is 26.6 Å². The Morgan fingerprint density at radius 3 is 1.64 bits per heavy atom. The van der Waals surface area contributed by atoms with Crippen LogP contribution in [0.3, 0.4) is 0 Å². The Bertz CT molecular complexity index is 2270. The summed E-state index contributed by atoms with van der Waals surface area (Å²) < 4.78 is 40.4. The summed E-state index contributed by atoms with van der Waals surface area (Å²) in [4.78, 5) is 93.0. The van der Waals surface area contributed by atoms with Gasteiger partial charge in [-0.25, -0.2) is 4.79 Å². The van der Waals surface area contributed by atoms with Gasteiger partial charge in [-0.15, -0.1) is 0 Å². The minimum Gasteiger partial charge on any atom is -0.480 e. The van der Waals surface area contributed by atoms with Gasteiger partial charge < -0.3 is 37.0 Å². The highest BCUT2D eigenvalue weighted by atomic mass is 19.4. The minimum atomic E-state index is -4.64. The molecule has 0 radical (unpaired) electrons. The van der Waals surface area contributed by atoms with Crippen molar-refractivity contribution in [2.45, 2.75) is 101 Å². The lowest BCUT2D eigenvalue weighted by Gasteiger charge is -2.26. The van der Waals surface area contributed by atoms with Gasteiger partial charge in [0, 0.05) is 31.4 Å². The zero-order valence-corrected chi connectivity index (χ0v) is 35.3. The highest BCUT2D eigenvalue weighted by Gasteiger charge is 2.52. The van der Waals surface area contributed by atoms with Gasteiger partial charge in [0.2, 0.25) is 35.4 Å². The van der Waals surface area contributed by atoms with Gasteiger partial charge in [-0.3, -0.25) is 28.8 Å². The number of amides is 6. The van der Waals surface area contributed by atoms with Gasteiger partial charge in [-0.2, -0.15) is 13.2 Å². The van der Waals surface area contributed by atoms with Crippen LogP contribution in [0.2, 0.25) is 0 Å². The number of halogens is 3. The van der Waals surface area contributed by atoms with Crippen molar-refractivity contribution in [3.05, 3.63) is 137 Å². The number of hydrogen-bond donors (Lipinski definition) is 7. The summed E-state index contributed by atoms with van der Waals surface area (Å²) in [5.74, 6) is -5.59. The number of carbonyl (C=O) groups excluding carboxylic acids is 6. The first-order valence-corrected chi connectivity index (χ1v) is 20.8. The molecule has 6 amide bonds. The minimum absolute atomic E-state index is 0.0495. The summed E-state index contributed by atoms with van der Waals surface area (Å²) in [6.45, 7) is 3.24. The van der Waals surface area contributed by atoms with Crippen LogP contribution in [0.4, 0.5) is 18.9 Å². The highest BCUT2D eigenvalue weighted by Crippen LogP contribution is 2.35. The molecule has 0 bridgehead atoms. The van der Waals surface area contributed by atoms with Crippen LogP contribution in [0, 0.1) is 6.92 Å². The Hall–Kier alpha value is -7.04. The number of benzene rings is 4. The number of alkyl halides is 3. The molecule has 64 heavy (non-hydrogen) atoms. The van der Waals surface area contributed by atoms with Gasteiger partial charge in [-0.1, -0.05) is 90.5 Å². The van der Waals surface area contributed by atoms with Crippen LogP contribution < -0.4 is 31.9 Å². The standard InChI is InChI=1S/C47H51F3N6O8/c1-29-13-20-35(21-14-29)52-39(57)23-24-40(58)53-36(22-17-31-9-5-3-6-10-31)42(60)54-38(28-33-15-18-34(19-16-33)47(48,49)50)44(62)55-37(27-32-11-7-4-8-12-32)43(61)51-30(2)41(59)56-46(25-26-46)45(63)64/h3-16,18-21,30,36-38H,17,22-28H2,1-2H3,(H,51,61)(H,52,57)(H,53,58)(H,54,60)(H,55,62)(H,56,59)(H,63,64). The van der Waals surface area contributed by atoms with Gasteiger partial charge in [0.05, 0.1) is 5.56 Å². The molecule has 1 fully saturated rings. The number of aryl methyl sites for hydroxylation is 2. The normalized spacial score (nSPS) is 14.6. The Labute approximate surface area is 368 Å². The largest absolute Gasteiger partial charge is 0.480 e. The Morgan fingerprint density at radius 2 is 1.11 bits per heavy atom. The van der Waals surface area contributed by atoms with Crippen LogP contribution >= 0.6 is 0 Å². The molecule has 14 nitrogen and oxygen atoms in total. The zero-order valence-electron chi connectivity index (χ0n) is 35.3. The van der Waals surface area contributed by atoms with E-state index >= 15 is 0 Å². The maximum Gasteiger partial charge on any atom is 0.416 e. The van der Waals surface area contributed by atoms with Gasteiger partial charge in [0.15, 0.2) is 0 Å². The number of carbonyl (C=O) groups is 7. The fourth-order valence-corrected chi connectivity index (χ4v) is 6.70. The second-order valence-electron chi connectivity index (χ2n) is 15.9. The van der Waals surface area contributed by atoms with Crippen LogP contribution in [0.5, 0.6) is 0 Å². The van der Waals surface area contributed by atoms with Crippen molar-refractivity contribution < 1.29 is 51.8 Å². The summed E-state index contributed by atoms with van der Waals surface area (Å²) in [7, 11) is 0. The SMILES string of the molecule is Cc1ccc(NC(=O)CCC(=O)NC(CCc2ccccc2)C(=O)NC(Cc2ccc(C(F)(F)F)cc2)C(=O)NC(Cc2ccccc2)C(=O)NC(C)C(=O)NC2(C(=O)O)CC2)cc1. The highest BCUT2D eigenvalue weighted by molar-refractivity contribution is 5.97. The summed E-state index contributed by atoms with van der Waals surface area (Å²) in [5.41, 5.74) is 0.824. The molecule has 0 aliphatic heterocycles. The molecule has 0 saturated heterocycles. The number of nitrogens with one attached hydrogen (secondary N) is 6. The van der Waals surface area contributed by atoms with Crippen LogP contribution in [0.15, 0.2) is 109 Å². The molecule has 0 spiro atoms. The molecule has 1 saturated carbocycles. The summed E-state index contributed by atoms with van der Waals surface area (Å²) in [6.07, 6.45) is -4.79. The molecule has 1 aliphatic carbocycles. The topological polar surface area (TPSA) is 212 Å². The predicted octanol–water partition coefficient (Wildman–Crippen LogP) is 4.54. The number of carboxylic acid groups (broad SMARTS) is 1. The lowest BCUT2D eigenvalue weighted by Crippen LogP contribution is -2.59. The first kappa shape index (κ1) is 48.0. The molecular formula is C47H51F3N6O8. The number of carboxylic acids is 1. The molecule has 5 rings (SSSR count). The van der Waals surface area contributed by atoms with Crippen LogP contribution in [0.25, 0.3) is 0 Å². The van der Waals surface area contributed by atoms with Crippen molar-refractivity contribution in [1.29, 1.82) is 0 Å². The number of rotatable bonds is 21. The number of hydrogen-bond acceptors (Lipinski definition) is 7. The van der Waals surface area contributed by atoms with E-state index in [0.717, 1.165) is 35.4 Å². The lowest BCUT2D eigenvalue weighted by molar-refractivity contribution is -0.143. The fraction of sp³-hybridized carbons (Fsp3) is 0.340. The molecule has 4 unspecified atom stereocenters. The predicted molar refractivity (Wildman–Crippen MR) is 230 cm³/mol. The summed E-state index contributed by atoms with van der Waals surface area (Å²) in [5, 5.41) is 25.2. The van der Waals surface area contributed by atoms with Gasteiger partial charge in [0.25, 0.3) is 0 Å². The second kappa shape index (κ2) is 21.8. The average molecular weight is 885 g/mol. The summed E-state index contributed by atoms with van der Waals surface area (Å²) >= 11 is 0. The van der Waals surface area contributed by atoms with Crippen LogP contribution in [-0.4, -0.2) is 76.2 Å². The second-order valence-corrected chi connectivity index (χ2v) is 15.9. The third-order valence-electron chi connectivity index (χ3n) is 10.7. The maximum atomic E-state index is 14.3. The van der Waals surface area contributed by atoms with E-state index < -0.39 is 82.9 Å². The number of aliphatic carboxylic acids is 1. The Kier molecular flexibility index (Phi) is 16.4. The third-order valence-corrected chi connectivity index (χ3v) is 10.7. The van der Waals surface area contributed by atoms with Crippen LogP contribution in [-0.2, 0) is 59.0 Å². The number of anilines is 1. The van der Waals surface area contributed by atoms with Crippen molar-refractivity contribution in [2.75, 3.05) is 5.32 Å². The molecule has 0 aromatic heterocycles. The lowest BCUT2D eigenvalue weighted by atomic mass is 10.00.